The van der Waals surface area contributed by atoms with Crippen molar-refractivity contribution in [3.8, 4) is 0 Å². The lowest BCUT2D eigenvalue weighted by atomic mass is 10.0. The fourth-order valence-corrected chi connectivity index (χ4v) is 2.06. The molecule has 2 aromatic carbocycles. The highest BCUT2D eigenvalue weighted by molar-refractivity contribution is 5.94. The average Bonchev–Trinajstić information content (AvgIpc) is 2.55. The third-order valence-electron chi connectivity index (χ3n) is 3.28. The van der Waals surface area contributed by atoms with Gasteiger partial charge in [0.1, 0.15) is 0 Å². The number of ether oxygens (including phenoxy) is 1. The minimum Gasteiger partial charge on any atom is -0.469 e. The summed E-state index contributed by atoms with van der Waals surface area (Å²) in [4.78, 5) is 23.9. The number of nitrogens with one attached hydrogen (secondary N) is 1. The summed E-state index contributed by atoms with van der Waals surface area (Å²) in [5.41, 5.74) is 7.62. The van der Waals surface area contributed by atoms with Gasteiger partial charge in [0.05, 0.1) is 19.6 Å². The van der Waals surface area contributed by atoms with Gasteiger partial charge in [-0.05, 0) is 29.8 Å². The van der Waals surface area contributed by atoms with E-state index < -0.39 is 12.0 Å². The van der Waals surface area contributed by atoms with E-state index >= 15 is 0 Å². The van der Waals surface area contributed by atoms with Crippen molar-refractivity contribution in [1.29, 1.82) is 0 Å². The molecule has 2 rings (SSSR count). The smallest absolute Gasteiger partial charge is 0.307 e. The first kappa shape index (κ1) is 15.6. The van der Waals surface area contributed by atoms with Crippen LogP contribution in [0.5, 0.6) is 0 Å². The first-order valence-electron chi connectivity index (χ1n) is 6.88. The number of nitrogens with two attached hydrogens (primary N) is 1. The van der Waals surface area contributed by atoms with E-state index in [0.717, 1.165) is 5.56 Å². The normalized spacial score (nSPS) is 11.5. The molecule has 2 aromatic rings. The maximum atomic E-state index is 12.3. The Morgan fingerprint density at radius 3 is 2.32 bits per heavy atom. The van der Waals surface area contributed by atoms with Crippen molar-refractivity contribution in [2.75, 3.05) is 12.8 Å². The van der Waals surface area contributed by atoms with Gasteiger partial charge in [-0.2, -0.15) is 0 Å². The van der Waals surface area contributed by atoms with E-state index in [-0.39, 0.29) is 12.3 Å². The SMILES string of the molecule is COC(=O)CC(NC(=O)c1ccccc1)c1ccc(N)cc1. The van der Waals surface area contributed by atoms with Crippen LogP contribution >= 0.6 is 0 Å². The number of amides is 1. The van der Waals surface area contributed by atoms with Gasteiger partial charge < -0.3 is 15.8 Å². The number of hydrogen-bond acceptors (Lipinski definition) is 4. The Hall–Kier alpha value is -2.82. The van der Waals surface area contributed by atoms with E-state index in [4.69, 9.17) is 10.5 Å². The Morgan fingerprint density at radius 1 is 1.09 bits per heavy atom. The Balaban J connectivity index is 2.19. The number of methoxy groups -OCH3 is 1. The summed E-state index contributed by atoms with van der Waals surface area (Å²) in [7, 11) is 1.32. The van der Waals surface area contributed by atoms with Crippen LogP contribution in [0.15, 0.2) is 54.6 Å². The van der Waals surface area contributed by atoms with Crippen LogP contribution in [0.25, 0.3) is 0 Å². The molecule has 1 amide bonds. The lowest BCUT2D eigenvalue weighted by molar-refractivity contribution is -0.141. The molecule has 0 aliphatic carbocycles. The van der Waals surface area contributed by atoms with Gasteiger partial charge in [-0.15, -0.1) is 0 Å². The first-order valence-corrected chi connectivity index (χ1v) is 6.88. The molecule has 5 heteroatoms. The van der Waals surface area contributed by atoms with Gasteiger partial charge in [0, 0.05) is 11.3 Å². The Bertz CT molecular complexity index is 639. The number of benzene rings is 2. The van der Waals surface area contributed by atoms with Crippen molar-refractivity contribution in [3.05, 3.63) is 65.7 Å². The second kappa shape index (κ2) is 7.26. The Kier molecular flexibility index (Phi) is 5.14. The summed E-state index contributed by atoms with van der Waals surface area (Å²) >= 11 is 0. The number of rotatable bonds is 5. The minimum atomic E-state index is -0.472. The van der Waals surface area contributed by atoms with Gasteiger partial charge in [-0.1, -0.05) is 30.3 Å². The van der Waals surface area contributed by atoms with E-state index in [1.165, 1.54) is 7.11 Å². The zero-order valence-electron chi connectivity index (χ0n) is 12.3. The molecular weight excluding hydrogens is 280 g/mol. The molecule has 0 heterocycles. The highest BCUT2D eigenvalue weighted by Gasteiger charge is 2.19. The fourth-order valence-electron chi connectivity index (χ4n) is 2.06. The van der Waals surface area contributed by atoms with Crippen LogP contribution in [0, 0.1) is 0 Å². The summed E-state index contributed by atoms with van der Waals surface area (Å²) in [6.07, 6.45) is 0.0546. The van der Waals surface area contributed by atoms with Crippen molar-refractivity contribution in [2.24, 2.45) is 0 Å². The van der Waals surface area contributed by atoms with Gasteiger partial charge in [-0.25, -0.2) is 0 Å². The molecule has 0 aliphatic heterocycles. The van der Waals surface area contributed by atoms with Crippen molar-refractivity contribution >= 4 is 17.6 Å². The molecule has 0 aromatic heterocycles. The van der Waals surface area contributed by atoms with Crippen LogP contribution in [-0.2, 0) is 9.53 Å². The molecular formula is C17H18N2O3. The number of carbonyl (C=O) groups excluding carboxylic acids is 2. The monoisotopic (exact) mass is 298 g/mol. The van der Waals surface area contributed by atoms with E-state index in [1.54, 1.807) is 48.5 Å². The topological polar surface area (TPSA) is 81.4 Å². The van der Waals surface area contributed by atoms with Gasteiger partial charge in [0.2, 0.25) is 0 Å². The van der Waals surface area contributed by atoms with Crippen LogP contribution in [0.2, 0.25) is 0 Å². The second-order valence-electron chi connectivity index (χ2n) is 4.84. The van der Waals surface area contributed by atoms with Crippen LogP contribution in [0.1, 0.15) is 28.4 Å². The number of nitrogen functional groups attached to an aromatic ring is 1. The number of carbonyl (C=O) groups is 2. The van der Waals surface area contributed by atoms with Crippen molar-refractivity contribution in [1.82, 2.24) is 5.32 Å². The molecule has 114 valence electrons. The highest BCUT2D eigenvalue weighted by Crippen LogP contribution is 2.19. The summed E-state index contributed by atoms with van der Waals surface area (Å²) in [6, 6.07) is 15.4. The molecule has 0 saturated carbocycles. The standard InChI is InChI=1S/C17H18N2O3/c1-22-16(20)11-15(12-7-9-14(18)10-8-12)19-17(21)13-5-3-2-4-6-13/h2-10,15H,11,18H2,1H3,(H,19,21). The van der Waals surface area contributed by atoms with Crippen LogP contribution in [0.3, 0.4) is 0 Å². The molecule has 0 radical (unpaired) electrons. The lowest BCUT2D eigenvalue weighted by Gasteiger charge is -2.18. The molecule has 0 bridgehead atoms. The number of hydrogen-bond donors (Lipinski definition) is 2. The number of esters is 1. The minimum absolute atomic E-state index is 0.0546. The van der Waals surface area contributed by atoms with Gasteiger partial charge in [0.15, 0.2) is 0 Å². The summed E-state index contributed by atoms with van der Waals surface area (Å²) < 4.78 is 4.70. The van der Waals surface area contributed by atoms with E-state index in [0.29, 0.717) is 11.3 Å². The third-order valence-corrected chi connectivity index (χ3v) is 3.28. The molecule has 0 aliphatic rings. The zero-order chi connectivity index (χ0) is 15.9. The van der Waals surface area contributed by atoms with Crippen molar-refractivity contribution in [2.45, 2.75) is 12.5 Å². The molecule has 1 unspecified atom stereocenters. The summed E-state index contributed by atoms with van der Waals surface area (Å²) in [6.45, 7) is 0. The average molecular weight is 298 g/mol. The largest absolute Gasteiger partial charge is 0.469 e. The zero-order valence-corrected chi connectivity index (χ0v) is 12.3. The van der Waals surface area contributed by atoms with Gasteiger partial charge >= 0.3 is 5.97 Å². The molecule has 22 heavy (non-hydrogen) atoms. The highest BCUT2D eigenvalue weighted by atomic mass is 16.5. The predicted molar refractivity (Wildman–Crippen MR) is 84.1 cm³/mol. The van der Waals surface area contributed by atoms with Gasteiger partial charge in [0.25, 0.3) is 5.91 Å². The van der Waals surface area contributed by atoms with E-state index in [9.17, 15) is 9.59 Å². The molecule has 5 nitrogen and oxygen atoms in total. The predicted octanol–water partition coefficient (Wildman–Crippen LogP) is 2.30. The maximum Gasteiger partial charge on any atom is 0.307 e. The summed E-state index contributed by atoms with van der Waals surface area (Å²) in [5, 5.41) is 2.85. The molecule has 0 fully saturated rings. The third kappa shape index (κ3) is 4.09. The second-order valence-corrected chi connectivity index (χ2v) is 4.84. The molecule has 1 atom stereocenters. The quantitative estimate of drug-likeness (QED) is 0.655. The molecule has 0 saturated heterocycles. The molecule has 3 N–H and O–H groups in total. The van der Waals surface area contributed by atoms with Crippen LogP contribution in [-0.4, -0.2) is 19.0 Å². The fraction of sp³-hybridized carbons (Fsp3) is 0.176. The van der Waals surface area contributed by atoms with Crippen molar-refractivity contribution < 1.29 is 14.3 Å². The molecule has 0 spiro atoms. The van der Waals surface area contributed by atoms with E-state index in [2.05, 4.69) is 5.32 Å². The van der Waals surface area contributed by atoms with Gasteiger partial charge in [-0.3, -0.25) is 9.59 Å². The Morgan fingerprint density at radius 2 is 1.73 bits per heavy atom. The number of anilines is 1. The lowest BCUT2D eigenvalue weighted by Crippen LogP contribution is -2.30. The summed E-state index contributed by atoms with van der Waals surface area (Å²) in [5.74, 6) is -0.637. The maximum absolute atomic E-state index is 12.3. The van der Waals surface area contributed by atoms with Crippen LogP contribution in [0.4, 0.5) is 5.69 Å². The Labute approximate surface area is 129 Å². The van der Waals surface area contributed by atoms with Crippen LogP contribution < -0.4 is 11.1 Å². The first-order chi connectivity index (χ1) is 10.6. The van der Waals surface area contributed by atoms with Crippen molar-refractivity contribution in [3.63, 3.8) is 0 Å². The van der Waals surface area contributed by atoms with E-state index in [1.807, 2.05) is 6.07 Å².